The molecule has 6 heteroatoms. The van der Waals surface area contributed by atoms with Gasteiger partial charge in [0.1, 0.15) is 5.75 Å². The van der Waals surface area contributed by atoms with Crippen molar-refractivity contribution in [3.63, 3.8) is 0 Å². The molecular weight excluding hydrogens is 292 g/mol. The van der Waals surface area contributed by atoms with Crippen LogP contribution < -0.4 is 16.0 Å². The summed E-state index contributed by atoms with van der Waals surface area (Å²) in [7, 11) is 0. The smallest absolute Gasteiger partial charge is 0.325 e. The number of halogens is 1. The van der Waals surface area contributed by atoms with E-state index < -0.39 is 11.2 Å². The Morgan fingerprint density at radius 1 is 1.24 bits per heavy atom. The van der Waals surface area contributed by atoms with Gasteiger partial charge in [0, 0.05) is 28.3 Å². The van der Waals surface area contributed by atoms with E-state index in [2.05, 4.69) is 9.97 Å². The number of H-pyrrole nitrogens is 2. The van der Waals surface area contributed by atoms with Crippen molar-refractivity contribution in [3.8, 4) is 5.75 Å². The Bertz CT molecular complexity index is 749. The number of aromatic nitrogens is 2. The predicted molar refractivity (Wildman–Crippen MR) is 82.5 cm³/mol. The highest BCUT2D eigenvalue weighted by Gasteiger charge is 2.11. The fraction of sp³-hybridized carbons (Fsp3) is 0.333. The molecule has 0 unspecified atom stereocenters. The summed E-state index contributed by atoms with van der Waals surface area (Å²) in [4.78, 5) is 28.0. The van der Waals surface area contributed by atoms with Gasteiger partial charge in [-0.3, -0.25) is 9.78 Å². The summed E-state index contributed by atoms with van der Waals surface area (Å²) in [5, 5.41) is 0.576. The number of aromatic amines is 2. The maximum absolute atomic E-state index is 11.9. The Labute approximate surface area is 126 Å². The van der Waals surface area contributed by atoms with Gasteiger partial charge in [0.15, 0.2) is 0 Å². The van der Waals surface area contributed by atoms with Gasteiger partial charge in [0.05, 0.1) is 6.61 Å². The van der Waals surface area contributed by atoms with E-state index in [0.717, 1.165) is 12.0 Å². The first-order valence-corrected chi connectivity index (χ1v) is 7.12. The van der Waals surface area contributed by atoms with Crippen LogP contribution >= 0.6 is 11.6 Å². The van der Waals surface area contributed by atoms with E-state index in [4.69, 9.17) is 16.3 Å². The molecule has 0 radical (unpaired) electrons. The molecular formula is C15H17ClN2O3. The maximum atomic E-state index is 11.9. The van der Waals surface area contributed by atoms with Gasteiger partial charge in [-0.1, -0.05) is 18.5 Å². The first-order valence-electron chi connectivity index (χ1n) is 6.74. The van der Waals surface area contributed by atoms with Crippen LogP contribution in [0.3, 0.4) is 0 Å². The Hall–Kier alpha value is -2.01. The molecule has 21 heavy (non-hydrogen) atoms. The van der Waals surface area contributed by atoms with Gasteiger partial charge in [0.25, 0.3) is 5.56 Å². The summed E-state index contributed by atoms with van der Waals surface area (Å²) in [6.45, 7) is 4.31. The Morgan fingerprint density at radius 3 is 2.67 bits per heavy atom. The maximum Gasteiger partial charge on any atom is 0.325 e. The third-order valence-corrected chi connectivity index (χ3v) is 3.34. The van der Waals surface area contributed by atoms with Crippen LogP contribution in [0.1, 0.15) is 30.2 Å². The van der Waals surface area contributed by atoms with Gasteiger partial charge < -0.3 is 9.72 Å². The second-order valence-electron chi connectivity index (χ2n) is 4.79. The van der Waals surface area contributed by atoms with E-state index in [1.54, 1.807) is 25.1 Å². The molecule has 0 atom stereocenters. The summed E-state index contributed by atoms with van der Waals surface area (Å²) in [5.41, 5.74) is 0.965. The van der Waals surface area contributed by atoms with Gasteiger partial charge in [-0.2, -0.15) is 0 Å². The second kappa shape index (κ2) is 6.63. The second-order valence-corrected chi connectivity index (χ2v) is 5.23. The Balaban J connectivity index is 2.41. The fourth-order valence-corrected chi connectivity index (χ4v) is 2.26. The number of aryl methyl sites for hydroxylation is 1. The van der Waals surface area contributed by atoms with Gasteiger partial charge in [-0.15, -0.1) is 0 Å². The molecule has 0 saturated carbocycles. The van der Waals surface area contributed by atoms with Crippen molar-refractivity contribution in [2.75, 3.05) is 6.61 Å². The summed E-state index contributed by atoms with van der Waals surface area (Å²) >= 11 is 6.02. The lowest BCUT2D eigenvalue weighted by atomic mass is 10.0. The predicted octanol–water partition coefficient (Wildman–Crippen LogP) is 2.40. The van der Waals surface area contributed by atoms with E-state index in [1.165, 1.54) is 0 Å². The molecule has 1 heterocycles. The van der Waals surface area contributed by atoms with Gasteiger partial charge in [-0.05, 0) is 31.5 Å². The van der Waals surface area contributed by atoms with Crippen molar-refractivity contribution in [2.45, 2.75) is 26.7 Å². The Morgan fingerprint density at radius 2 is 2.00 bits per heavy atom. The fourth-order valence-electron chi connectivity index (χ4n) is 2.07. The third-order valence-electron chi connectivity index (χ3n) is 3.11. The molecule has 1 aromatic carbocycles. The molecule has 0 aliphatic rings. The lowest BCUT2D eigenvalue weighted by Gasteiger charge is -2.12. The van der Waals surface area contributed by atoms with Crippen molar-refractivity contribution < 1.29 is 4.74 Å². The molecule has 0 amide bonds. The molecule has 0 aliphatic carbocycles. The standard InChI is InChI=1S/C15H17ClN2O3/c1-3-6-21-13-5-4-11(16)7-10(13)8-12-9(2)17-15(20)18-14(12)19/h4-5,7H,3,6,8H2,1-2H3,(H2,17,18,19,20). The molecule has 2 rings (SSSR count). The lowest BCUT2D eigenvalue weighted by molar-refractivity contribution is 0.314. The minimum atomic E-state index is -0.505. The van der Waals surface area contributed by atoms with Crippen molar-refractivity contribution in [3.05, 3.63) is 60.9 Å². The van der Waals surface area contributed by atoms with Gasteiger partial charge >= 0.3 is 5.69 Å². The number of ether oxygens (including phenoxy) is 1. The third kappa shape index (κ3) is 3.76. The van der Waals surface area contributed by atoms with E-state index in [-0.39, 0.29) is 0 Å². The van der Waals surface area contributed by atoms with Crippen molar-refractivity contribution in [2.24, 2.45) is 0 Å². The number of benzene rings is 1. The topological polar surface area (TPSA) is 75.0 Å². The molecule has 2 N–H and O–H groups in total. The van der Waals surface area contributed by atoms with Crippen molar-refractivity contribution in [1.82, 2.24) is 9.97 Å². The largest absolute Gasteiger partial charge is 0.493 e. The van der Waals surface area contributed by atoms with Gasteiger partial charge in [-0.25, -0.2) is 4.79 Å². The van der Waals surface area contributed by atoms with Crippen LogP contribution in [0, 0.1) is 6.92 Å². The molecule has 112 valence electrons. The summed E-state index contributed by atoms with van der Waals surface area (Å²) in [5.74, 6) is 0.700. The molecule has 1 aromatic heterocycles. The summed E-state index contributed by atoms with van der Waals surface area (Å²) in [6.07, 6.45) is 1.23. The zero-order chi connectivity index (χ0) is 15.4. The normalized spacial score (nSPS) is 10.6. The van der Waals surface area contributed by atoms with Gasteiger partial charge in [0.2, 0.25) is 0 Å². The highest BCUT2D eigenvalue weighted by molar-refractivity contribution is 6.30. The summed E-state index contributed by atoms with van der Waals surface area (Å²) in [6, 6.07) is 5.32. The minimum Gasteiger partial charge on any atom is -0.493 e. The van der Waals surface area contributed by atoms with Crippen LogP contribution in [0.4, 0.5) is 0 Å². The first kappa shape index (κ1) is 15.4. The van der Waals surface area contributed by atoms with Crippen LogP contribution in [0.15, 0.2) is 27.8 Å². The van der Waals surface area contributed by atoms with Crippen molar-refractivity contribution in [1.29, 1.82) is 0 Å². The monoisotopic (exact) mass is 308 g/mol. The number of nitrogens with one attached hydrogen (secondary N) is 2. The van der Waals surface area contributed by atoms with E-state index in [9.17, 15) is 9.59 Å². The highest BCUT2D eigenvalue weighted by Crippen LogP contribution is 2.25. The highest BCUT2D eigenvalue weighted by atomic mass is 35.5. The first-order chi connectivity index (χ1) is 10.0. The Kier molecular flexibility index (Phi) is 4.85. The number of hydrogen-bond acceptors (Lipinski definition) is 3. The van der Waals surface area contributed by atoms with E-state index >= 15 is 0 Å². The molecule has 0 spiro atoms. The number of rotatable bonds is 5. The van der Waals surface area contributed by atoms with Crippen LogP contribution in [0.2, 0.25) is 5.02 Å². The van der Waals surface area contributed by atoms with E-state index in [0.29, 0.717) is 35.1 Å². The SMILES string of the molecule is CCCOc1ccc(Cl)cc1Cc1c(C)[nH]c(=O)[nH]c1=O. The summed E-state index contributed by atoms with van der Waals surface area (Å²) < 4.78 is 5.67. The van der Waals surface area contributed by atoms with E-state index in [1.807, 2.05) is 6.92 Å². The van der Waals surface area contributed by atoms with Crippen LogP contribution in [-0.2, 0) is 6.42 Å². The lowest BCUT2D eigenvalue weighted by Crippen LogP contribution is -2.27. The van der Waals surface area contributed by atoms with Crippen molar-refractivity contribution >= 4 is 11.6 Å². The average molecular weight is 309 g/mol. The minimum absolute atomic E-state index is 0.345. The molecule has 0 fully saturated rings. The zero-order valence-electron chi connectivity index (χ0n) is 12.0. The van der Waals surface area contributed by atoms with Crippen LogP contribution in [0.25, 0.3) is 0 Å². The zero-order valence-corrected chi connectivity index (χ0v) is 12.7. The number of hydrogen-bond donors (Lipinski definition) is 2. The average Bonchev–Trinajstić information content (AvgIpc) is 2.42. The molecule has 5 nitrogen and oxygen atoms in total. The molecule has 0 saturated heterocycles. The molecule has 0 bridgehead atoms. The quantitative estimate of drug-likeness (QED) is 0.890. The molecule has 2 aromatic rings. The molecule has 0 aliphatic heterocycles. The van der Waals surface area contributed by atoms with Crippen LogP contribution in [0.5, 0.6) is 5.75 Å². The van der Waals surface area contributed by atoms with Crippen LogP contribution in [-0.4, -0.2) is 16.6 Å².